The summed E-state index contributed by atoms with van der Waals surface area (Å²) in [7, 11) is 0. The van der Waals surface area contributed by atoms with E-state index in [1.165, 1.54) is 0 Å². The zero-order valence-corrected chi connectivity index (χ0v) is 31.4. The van der Waals surface area contributed by atoms with E-state index in [0.29, 0.717) is 211 Å². The van der Waals surface area contributed by atoms with Crippen LogP contribution in [0, 0.1) is 0 Å². The Morgan fingerprint density at radius 1 is 0.208 bits per heavy atom. The van der Waals surface area contributed by atoms with Gasteiger partial charge in [0.25, 0.3) is 0 Å². The predicted octanol–water partition coefficient (Wildman–Crippen LogP) is 1.86. The highest BCUT2D eigenvalue weighted by Crippen LogP contribution is 1.88. The molecule has 0 amide bonds. The molecule has 0 unspecified atom stereocenters. The molecule has 0 atom stereocenters. The third-order valence-electron chi connectivity index (χ3n) is 6.01. The molecule has 0 radical (unpaired) electrons. The molecule has 0 spiro atoms. The molecule has 0 rings (SSSR count). The smallest absolute Gasteiger partial charge is 0.0701 e. The standard InChI is InChI=1S/C32H64N6O15/c33-37-35-1-3-39-5-7-41-9-11-43-13-15-45-17-19-47-21-23-49-25-27-51-29-31-53-32-30-52-28-26-50-24-22-48-20-18-46-16-14-44-12-10-42-8-6-40-4-2-36-38-34/h1-32H2. The van der Waals surface area contributed by atoms with Gasteiger partial charge in [0.2, 0.25) is 0 Å². The third kappa shape index (κ3) is 50.0. The number of nitrogens with zero attached hydrogens (tertiary/aromatic N) is 6. The highest BCUT2D eigenvalue weighted by atomic mass is 16.6. The number of azide groups is 2. The minimum Gasteiger partial charge on any atom is -0.379 e. The largest absolute Gasteiger partial charge is 0.379 e. The van der Waals surface area contributed by atoms with E-state index >= 15 is 0 Å². The van der Waals surface area contributed by atoms with E-state index in [1.807, 2.05) is 0 Å². The zero-order chi connectivity index (χ0) is 38.1. The lowest BCUT2D eigenvalue weighted by molar-refractivity contribution is -0.0299. The van der Waals surface area contributed by atoms with Crippen molar-refractivity contribution in [3.63, 3.8) is 0 Å². The minimum atomic E-state index is 0.323. The zero-order valence-electron chi connectivity index (χ0n) is 31.4. The molecule has 0 aromatic carbocycles. The molecule has 0 saturated carbocycles. The number of ether oxygens (including phenoxy) is 15. The Bertz CT molecular complexity index is 741. The van der Waals surface area contributed by atoms with Crippen molar-refractivity contribution in [3.05, 3.63) is 20.9 Å². The van der Waals surface area contributed by atoms with Crippen LogP contribution in [0.5, 0.6) is 0 Å². The normalized spacial score (nSPS) is 11.2. The average Bonchev–Trinajstić information content (AvgIpc) is 3.17. The van der Waals surface area contributed by atoms with E-state index in [0.717, 1.165) is 0 Å². The number of rotatable bonds is 48. The topological polar surface area (TPSA) is 236 Å². The highest BCUT2D eigenvalue weighted by Gasteiger charge is 1.97. The molecule has 0 heterocycles. The first-order valence-corrected chi connectivity index (χ1v) is 18.1. The van der Waals surface area contributed by atoms with Crippen molar-refractivity contribution in [2.45, 2.75) is 0 Å². The van der Waals surface area contributed by atoms with Gasteiger partial charge in [-0.25, -0.2) is 0 Å². The van der Waals surface area contributed by atoms with Crippen LogP contribution in [-0.2, 0) is 71.1 Å². The molecule has 0 saturated heterocycles. The van der Waals surface area contributed by atoms with Crippen LogP contribution in [0.1, 0.15) is 0 Å². The van der Waals surface area contributed by atoms with Crippen molar-refractivity contribution in [1.82, 2.24) is 0 Å². The molecule has 21 nitrogen and oxygen atoms in total. The lowest BCUT2D eigenvalue weighted by Gasteiger charge is -2.09. The van der Waals surface area contributed by atoms with Crippen LogP contribution in [-0.4, -0.2) is 211 Å². The Hall–Kier alpha value is -1.98. The Labute approximate surface area is 313 Å². The molecule has 0 aromatic heterocycles. The van der Waals surface area contributed by atoms with Crippen molar-refractivity contribution in [2.24, 2.45) is 10.2 Å². The first-order valence-electron chi connectivity index (χ1n) is 18.1. The van der Waals surface area contributed by atoms with Crippen LogP contribution in [0.15, 0.2) is 10.2 Å². The molecular formula is C32H64N6O15. The van der Waals surface area contributed by atoms with Gasteiger partial charge in [0.1, 0.15) is 0 Å². The molecule has 21 heteroatoms. The quantitative estimate of drug-likeness (QED) is 0.0371. The van der Waals surface area contributed by atoms with Gasteiger partial charge in [-0.15, -0.1) is 0 Å². The van der Waals surface area contributed by atoms with Gasteiger partial charge in [-0.05, 0) is 11.1 Å². The molecule has 0 aliphatic carbocycles. The molecule has 0 aromatic rings. The molecule has 0 N–H and O–H groups in total. The molecule has 0 aliphatic heterocycles. The summed E-state index contributed by atoms with van der Waals surface area (Å²) >= 11 is 0. The van der Waals surface area contributed by atoms with Gasteiger partial charge in [-0.1, -0.05) is 10.2 Å². The van der Waals surface area contributed by atoms with Gasteiger partial charge in [0.15, 0.2) is 0 Å². The maximum atomic E-state index is 8.14. The molecule has 0 fully saturated rings. The maximum Gasteiger partial charge on any atom is 0.0701 e. The molecule has 312 valence electrons. The second kappa shape index (κ2) is 50.0. The Balaban J connectivity index is 3.06. The molecule has 0 bridgehead atoms. The Morgan fingerprint density at radius 2 is 0.321 bits per heavy atom. The first-order chi connectivity index (χ1) is 26.4. The van der Waals surface area contributed by atoms with E-state index in [2.05, 4.69) is 20.1 Å². The van der Waals surface area contributed by atoms with Crippen LogP contribution in [0.4, 0.5) is 0 Å². The van der Waals surface area contributed by atoms with Gasteiger partial charge in [0.05, 0.1) is 198 Å². The summed E-state index contributed by atoms with van der Waals surface area (Å²) < 4.78 is 81.2. The van der Waals surface area contributed by atoms with Crippen molar-refractivity contribution in [1.29, 1.82) is 0 Å². The van der Waals surface area contributed by atoms with Gasteiger partial charge in [-0.2, -0.15) is 0 Å². The summed E-state index contributed by atoms with van der Waals surface area (Å²) in [6.07, 6.45) is 0. The predicted molar refractivity (Wildman–Crippen MR) is 190 cm³/mol. The summed E-state index contributed by atoms with van der Waals surface area (Å²) in [6, 6.07) is 0. The van der Waals surface area contributed by atoms with E-state index < -0.39 is 0 Å². The number of hydrogen-bond acceptors (Lipinski definition) is 17. The lowest BCUT2D eigenvalue weighted by Crippen LogP contribution is -2.15. The fraction of sp³-hybridized carbons (Fsp3) is 1.00. The summed E-state index contributed by atoms with van der Waals surface area (Å²) in [4.78, 5) is 5.29. The van der Waals surface area contributed by atoms with E-state index in [-0.39, 0.29) is 0 Å². The molecular weight excluding hydrogens is 708 g/mol. The van der Waals surface area contributed by atoms with Crippen molar-refractivity contribution in [3.8, 4) is 0 Å². The summed E-state index contributed by atoms with van der Waals surface area (Å²) in [6.45, 7) is 15.0. The van der Waals surface area contributed by atoms with E-state index in [1.54, 1.807) is 0 Å². The first kappa shape index (κ1) is 51.0. The number of hydrogen-bond donors (Lipinski definition) is 0. The Kier molecular flexibility index (Phi) is 48.2. The summed E-state index contributed by atoms with van der Waals surface area (Å²) in [5.74, 6) is 0. The monoisotopic (exact) mass is 772 g/mol. The van der Waals surface area contributed by atoms with Crippen LogP contribution in [0.2, 0.25) is 0 Å². The van der Waals surface area contributed by atoms with Gasteiger partial charge in [-0.3, -0.25) is 0 Å². The van der Waals surface area contributed by atoms with Crippen LogP contribution in [0.25, 0.3) is 20.9 Å². The van der Waals surface area contributed by atoms with E-state index in [9.17, 15) is 0 Å². The van der Waals surface area contributed by atoms with Crippen LogP contribution < -0.4 is 0 Å². The van der Waals surface area contributed by atoms with Gasteiger partial charge >= 0.3 is 0 Å². The molecule has 53 heavy (non-hydrogen) atoms. The molecule has 0 aliphatic rings. The highest BCUT2D eigenvalue weighted by molar-refractivity contribution is 4.45. The SMILES string of the molecule is [N-]=[N+]=NCCOCCOCCOCCOCCOCCOCCOCCOCCOCCOCCOCCOCCOCCOCCOCCN=[N+]=[N-]. The third-order valence-corrected chi connectivity index (χ3v) is 6.01. The van der Waals surface area contributed by atoms with Crippen molar-refractivity contribution >= 4 is 0 Å². The van der Waals surface area contributed by atoms with Gasteiger partial charge < -0.3 is 71.1 Å². The fourth-order valence-electron chi connectivity index (χ4n) is 3.48. The van der Waals surface area contributed by atoms with Crippen molar-refractivity contribution < 1.29 is 71.1 Å². The lowest BCUT2D eigenvalue weighted by atomic mass is 10.6. The van der Waals surface area contributed by atoms with Crippen LogP contribution >= 0.6 is 0 Å². The average molecular weight is 773 g/mol. The minimum absolute atomic E-state index is 0.323. The van der Waals surface area contributed by atoms with Crippen LogP contribution in [0.3, 0.4) is 0 Å². The van der Waals surface area contributed by atoms with Gasteiger partial charge in [0, 0.05) is 22.9 Å². The maximum absolute atomic E-state index is 8.14. The van der Waals surface area contributed by atoms with E-state index in [4.69, 9.17) is 82.1 Å². The second-order valence-corrected chi connectivity index (χ2v) is 10.1. The Morgan fingerprint density at radius 3 is 0.434 bits per heavy atom. The van der Waals surface area contributed by atoms with Crippen molar-refractivity contribution in [2.75, 3.05) is 211 Å². The summed E-state index contributed by atoms with van der Waals surface area (Å²) in [5.41, 5.74) is 16.3. The summed E-state index contributed by atoms with van der Waals surface area (Å²) in [5, 5.41) is 6.75. The fourth-order valence-corrected chi connectivity index (χ4v) is 3.48. The second-order valence-electron chi connectivity index (χ2n) is 10.1.